The van der Waals surface area contributed by atoms with Gasteiger partial charge < -0.3 is 5.32 Å². The summed E-state index contributed by atoms with van der Waals surface area (Å²) in [7, 11) is 0. The van der Waals surface area contributed by atoms with Gasteiger partial charge in [-0.15, -0.1) is 0 Å². The molecule has 2 aromatic heterocycles. The van der Waals surface area contributed by atoms with Crippen molar-refractivity contribution < 1.29 is 0 Å². The first-order valence-corrected chi connectivity index (χ1v) is 6.70. The Labute approximate surface area is 117 Å². The van der Waals surface area contributed by atoms with Crippen molar-refractivity contribution in [2.75, 3.05) is 5.32 Å². The predicted octanol–water partition coefficient (Wildman–Crippen LogP) is 3.05. The van der Waals surface area contributed by atoms with Gasteiger partial charge in [0.25, 0.3) is 5.78 Å². The molecule has 0 aliphatic rings. The number of aromatic nitrogens is 4. The lowest BCUT2D eigenvalue weighted by Crippen LogP contribution is -2.04. The Morgan fingerprint density at radius 3 is 2.55 bits per heavy atom. The lowest BCUT2D eigenvalue weighted by Gasteiger charge is -2.10. The SMILES string of the molecule is CCc1cc(Nc2cc(C)cc(C)c2)n2ncnc2n1. The number of rotatable bonds is 3. The fourth-order valence-corrected chi connectivity index (χ4v) is 2.33. The Hall–Kier alpha value is -2.43. The summed E-state index contributed by atoms with van der Waals surface area (Å²) in [6.45, 7) is 6.26. The minimum absolute atomic E-state index is 0.622. The second kappa shape index (κ2) is 4.92. The first-order chi connectivity index (χ1) is 9.65. The normalized spacial score (nSPS) is 10.9. The van der Waals surface area contributed by atoms with Crippen LogP contribution in [0.5, 0.6) is 0 Å². The van der Waals surface area contributed by atoms with Crippen LogP contribution in [0.25, 0.3) is 5.78 Å². The van der Waals surface area contributed by atoms with Gasteiger partial charge in [0, 0.05) is 17.4 Å². The maximum absolute atomic E-state index is 4.44. The van der Waals surface area contributed by atoms with Gasteiger partial charge in [0.15, 0.2) is 0 Å². The van der Waals surface area contributed by atoms with E-state index in [9.17, 15) is 0 Å². The minimum atomic E-state index is 0.622. The van der Waals surface area contributed by atoms with Crippen LogP contribution in [0, 0.1) is 13.8 Å². The van der Waals surface area contributed by atoms with E-state index in [1.165, 1.54) is 17.5 Å². The largest absolute Gasteiger partial charge is 0.340 e. The third-order valence-electron chi connectivity index (χ3n) is 3.16. The zero-order chi connectivity index (χ0) is 14.1. The summed E-state index contributed by atoms with van der Waals surface area (Å²) in [6.07, 6.45) is 2.39. The van der Waals surface area contributed by atoms with Gasteiger partial charge in [-0.05, 0) is 43.5 Å². The molecule has 20 heavy (non-hydrogen) atoms. The number of fused-ring (bicyclic) bond motifs is 1. The number of nitrogens with one attached hydrogen (secondary N) is 1. The summed E-state index contributed by atoms with van der Waals surface area (Å²) in [5, 5.41) is 7.63. The van der Waals surface area contributed by atoms with E-state index in [1.807, 2.05) is 6.07 Å². The Balaban J connectivity index is 2.07. The van der Waals surface area contributed by atoms with Crippen molar-refractivity contribution in [2.45, 2.75) is 27.2 Å². The topological polar surface area (TPSA) is 55.1 Å². The van der Waals surface area contributed by atoms with Crippen LogP contribution in [0.15, 0.2) is 30.6 Å². The molecule has 0 fully saturated rings. The molecule has 5 heteroatoms. The van der Waals surface area contributed by atoms with E-state index in [0.29, 0.717) is 5.78 Å². The van der Waals surface area contributed by atoms with Crippen molar-refractivity contribution in [1.82, 2.24) is 19.6 Å². The molecule has 1 N–H and O–H groups in total. The van der Waals surface area contributed by atoms with Crippen LogP contribution in [-0.2, 0) is 6.42 Å². The predicted molar refractivity (Wildman–Crippen MR) is 79.4 cm³/mol. The molecule has 102 valence electrons. The third kappa shape index (κ3) is 2.34. The molecule has 5 nitrogen and oxygen atoms in total. The monoisotopic (exact) mass is 267 g/mol. The second-order valence-corrected chi connectivity index (χ2v) is 4.96. The first-order valence-electron chi connectivity index (χ1n) is 6.70. The van der Waals surface area contributed by atoms with Crippen molar-refractivity contribution >= 4 is 17.3 Å². The van der Waals surface area contributed by atoms with E-state index in [4.69, 9.17) is 0 Å². The van der Waals surface area contributed by atoms with Crippen LogP contribution in [0.4, 0.5) is 11.5 Å². The molecule has 0 atom stereocenters. The van der Waals surface area contributed by atoms with Gasteiger partial charge in [-0.2, -0.15) is 14.6 Å². The van der Waals surface area contributed by atoms with Gasteiger partial charge in [0.2, 0.25) is 0 Å². The van der Waals surface area contributed by atoms with Gasteiger partial charge in [0.1, 0.15) is 12.1 Å². The highest BCUT2D eigenvalue weighted by Gasteiger charge is 2.07. The summed E-state index contributed by atoms with van der Waals surface area (Å²) < 4.78 is 1.72. The molecular weight excluding hydrogens is 250 g/mol. The van der Waals surface area contributed by atoms with Crippen molar-refractivity contribution in [3.05, 3.63) is 47.4 Å². The fraction of sp³-hybridized carbons (Fsp3) is 0.267. The van der Waals surface area contributed by atoms with Crippen molar-refractivity contribution in [3.8, 4) is 0 Å². The van der Waals surface area contributed by atoms with Gasteiger partial charge in [-0.25, -0.2) is 4.98 Å². The van der Waals surface area contributed by atoms with Gasteiger partial charge >= 0.3 is 0 Å². The van der Waals surface area contributed by atoms with Crippen LogP contribution in [0.1, 0.15) is 23.7 Å². The molecule has 0 saturated heterocycles. The number of nitrogens with zero attached hydrogens (tertiary/aromatic N) is 4. The van der Waals surface area contributed by atoms with Gasteiger partial charge in [-0.3, -0.25) is 0 Å². The quantitative estimate of drug-likeness (QED) is 0.792. The van der Waals surface area contributed by atoms with Crippen molar-refractivity contribution in [1.29, 1.82) is 0 Å². The summed E-state index contributed by atoms with van der Waals surface area (Å²) in [5.74, 6) is 1.51. The summed E-state index contributed by atoms with van der Waals surface area (Å²) >= 11 is 0. The van der Waals surface area contributed by atoms with Crippen LogP contribution < -0.4 is 5.32 Å². The number of benzene rings is 1. The van der Waals surface area contributed by atoms with Crippen molar-refractivity contribution in [3.63, 3.8) is 0 Å². The molecule has 0 amide bonds. The van der Waals surface area contributed by atoms with E-state index in [1.54, 1.807) is 4.52 Å². The Morgan fingerprint density at radius 2 is 1.85 bits per heavy atom. The smallest absolute Gasteiger partial charge is 0.254 e. The van der Waals surface area contributed by atoms with Crippen LogP contribution in [-0.4, -0.2) is 19.6 Å². The molecule has 0 bridgehead atoms. The van der Waals surface area contributed by atoms with Crippen LogP contribution in [0.3, 0.4) is 0 Å². The standard InChI is InChI=1S/C15H17N5/c1-4-12-8-14(20-15(19-12)16-9-17-20)18-13-6-10(2)5-11(3)7-13/h5-9,18H,4H2,1-3H3. The van der Waals surface area contributed by atoms with Crippen molar-refractivity contribution in [2.24, 2.45) is 0 Å². The Kier molecular flexibility index (Phi) is 3.10. The minimum Gasteiger partial charge on any atom is -0.340 e. The number of hydrogen-bond acceptors (Lipinski definition) is 4. The maximum Gasteiger partial charge on any atom is 0.254 e. The van der Waals surface area contributed by atoms with E-state index < -0.39 is 0 Å². The van der Waals surface area contributed by atoms with Gasteiger partial charge in [-0.1, -0.05) is 13.0 Å². The Morgan fingerprint density at radius 1 is 1.10 bits per heavy atom. The highest BCUT2D eigenvalue weighted by atomic mass is 15.3. The average molecular weight is 267 g/mol. The molecule has 0 unspecified atom stereocenters. The average Bonchev–Trinajstić information content (AvgIpc) is 2.85. The Bertz CT molecular complexity index is 740. The maximum atomic E-state index is 4.44. The van der Waals surface area contributed by atoms with E-state index >= 15 is 0 Å². The molecule has 0 aliphatic heterocycles. The molecule has 3 rings (SSSR count). The van der Waals surface area contributed by atoms with Gasteiger partial charge in [0.05, 0.1) is 0 Å². The molecule has 2 heterocycles. The lowest BCUT2D eigenvalue weighted by molar-refractivity contribution is 0.918. The summed E-state index contributed by atoms with van der Waals surface area (Å²) in [5.41, 5.74) is 4.50. The number of anilines is 2. The molecular formula is C15H17N5. The zero-order valence-corrected chi connectivity index (χ0v) is 11.9. The van der Waals surface area contributed by atoms with Crippen LogP contribution >= 0.6 is 0 Å². The van der Waals surface area contributed by atoms with Crippen LogP contribution in [0.2, 0.25) is 0 Å². The number of hydrogen-bond donors (Lipinski definition) is 1. The first kappa shape index (κ1) is 12.6. The number of aryl methyl sites for hydroxylation is 3. The van der Waals surface area contributed by atoms with E-state index in [0.717, 1.165) is 23.6 Å². The summed E-state index contributed by atoms with van der Waals surface area (Å²) in [4.78, 5) is 8.61. The molecule has 0 spiro atoms. The highest BCUT2D eigenvalue weighted by Crippen LogP contribution is 2.20. The zero-order valence-electron chi connectivity index (χ0n) is 11.9. The molecule has 0 radical (unpaired) electrons. The summed E-state index contributed by atoms with van der Waals surface area (Å²) in [6, 6.07) is 8.39. The molecule has 1 aromatic carbocycles. The van der Waals surface area contributed by atoms with E-state index in [-0.39, 0.29) is 0 Å². The highest BCUT2D eigenvalue weighted by molar-refractivity contribution is 5.60. The lowest BCUT2D eigenvalue weighted by atomic mass is 10.1. The second-order valence-electron chi connectivity index (χ2n) is 4.96. The van der Waals surface area contributed by atoms with E-state index in [2.05, 4.69) is 59.4 Å². The fourth-order valence-electron chi connectivity index (χ4n) is 2.33. The molecule has 3 aromatic rings. The molecule has 0 aliphatic carbocycles. The third-order valence-corrected chi connectivity index (χ3v) is 3.16. The molecule has 0 saturated carbocycles.